The van der Waals surface area contributed by atoms with E-state index in [1.54, 1.807) is 12.1 Å². The molecule has 0 unspecified atom stereocenters. The minimum Gasteiger partial charge on any atom is -0.478 e. The second kappa shape index (κ2) is 23.9. The lowest BCUT2D eigenvalue weighted by Crippen LogP contribution is -2.15. The minimum atomic E-state index is -1.05. The molecule has 0 aromatic heterocycles. The van der Waals surface area contributed by atoms with E-state index in [0.29, 0.717) is 13.0 Å². The predicted octanol–water partition coefficient (Wildman–Crippen LogP) is 9.78. The van der Waals surface area contributed by atoms with Crippen LogP contribution in [0.4, 0.5) is 0 Å². The van der Waals surface area contributed by atoms with Crippen molar-refractivity contribution in [3.8, 4) is 0 Å². The van der Waals surface area contributed by atoms with Crippen molar-refractivity contribution in [2.45, 2.75) is 143 Å². The smallest absolute Gasteiger partial charge is 0.339 e. The van der Waals surface area contributed by atoms with Crippen LogP contribution in [0.1, 0.15) is 163 Å². The van der Waals surface area contributed by atoms with Crippen LogP contribution in [0.25, 0.3) is 0 Å². The quantitative estimate of drug-likeness (QED) is 0.146. The summed E-state index contributed by atoms with van der Waals surface area (Å²) in [5.74, 6) is -1.57. The summed E-state index contributed by atoms with van der Waals surface area (Å²) in [4.78, 5) is 24.2. The molecule has 0 saturated carbocycles. The standard InChI is InChI=1S/C24H38O4.C7H16/c1-3-5-7-9-11-13-16-20-17-15-18-21(22(20)23(25)26)24(27)28-19-14-12-10-8-6-4-2;1-3-5-7-6-4-2/h15,17-18H,3-14,16,19H2,1-2H3,(H,25,26);3-7H2,1-2H3. The van der Waals surface area contributed by atoms with Crippen molar-refractivity contribution in [2.24, 2.45) is 0 Å². The van der Waals surface area contributed by atoms with Gasteiger partial charge in [0.1, 0.15) is 0 Å². The molecule has 0 aliphatic heterocycles. The van der Waals surface area contributed by atoms with E-state index in [1.807, 2.05) is 6.07 Å². The molecule has 0 fully saturated rings. The van der Waals surface area contributed by atoms with Crippen molar-refractivity contribution < 1.29 is 19.4 Å². The van der Waals surface area contributed by atoms with Crippen molar-refractivity contribution in [3.05, 3.63) is 34.9 Å². The van der Waals surface area contributed by atoms with Crippen molar-refractivity contribution >= 4 is 11.9 Å². The lowest BCUT2D eigenvalue weighted by atomic mass is 9.96. The average Bonchev–Trinajstić information content (AvgIpc) is 2.86. The average molecular weight is 491 g/mol. The highest BCUT2D eigenvalue weighted by Gasteiger charge is 2.21. The Balaban J connectivity index is 0.00000143. The third-order valence-corrected chi connectivity index (χ3v) is 6.32. The first-order valence-corrected chi connectivity index (χ1v) is 14.6. The Hall–Kier alpha value is -1.84. The third kappa shape index (κ3) is 17.3. The van der Waals surface area contributed by atoms with Crippen LogP contribution in [0.5, 0.6) is 0 Å². The molecule has 35 heavy (non-hydrogen) atoms. The summed E-state index contributed by atoms with van der Waals surface area (Å²) in [6, 6.07) is 5.15. The molecule has 202 valence electrons. The van der Waals surface area contributed by atoms with Crippen LogP contribution in [0, 0.1) is 0 Å². The fraction of sp³-hybridized carbons (Fsp3) is 0.742. The van der Waals surface area contributed by atoms with E-state index >= 15 is 0 Å². The molecular weight excluding hydrogens is 436 g/mol. The van der Waals surface area contributed by atoms with Gasteiger partial charge in [-0.15, -0.1) is 0 Å². The highest BCUT2D eigenvalue weighted by molar-refractivity contribution is 6.03. The van der Waals surface area contributed by atoms with Gasteiger partial charge >= 0.3 is 11.9 Å². The third-order valence-electron chi connectivity index (χ3n) is 6.32. The number of rotatable bonds is 20. The van der Waals surface area contributed by atoms with Gasteiger partial charge in [-0.1, -0.05) is 136 Å². The van der Waals surface area contributed by atoms with E-state index in [4.69, 9.17) is 4.74 Å². The van der Waals surface area contributed by atoms with Gasteiger partial charge in [-0.2, -0.15) is 0 Å². The van der Waals surface area contributed by atoms with Gasteiger partial charge in [-0.05, 0) is 30.9 Å². The molecule has 0 spiro atoms. The van der Waals surface area contributed by atoms with Crippen molar-refractivity contribution in [3.63, 3.8) is 0 Å². The molecule has 0 aliphatic carbocycles. The molecule has 1 aromatic rings. The Labute approximate surface area is 216 Å². The number of ether oxygens (including phenoxy) is 1. The Bertz CT molecular complexity index is 649. The van der Waals surface area contributed by atoms with Crippen LogP contribution >= 0.6 is 0 Å². The summed E-state index contributed by atoms with van der Waals surface area (Å²) in [5, 5.41) is 9.65. The molecule has 0 amide bonds. The molecule has 0 radical (unpaired) electrons. The molecular formula is C31H54O4. The number of esters is 1. The number of benzene rings is 1. The van der Waals surface area contributed by atoms with Gasteiger partial charge in [0.2, 0.25) is 0 Å². The fourth-order valence-electron chi connectivity index (χ4n) is 4.13. The molecule has 0 bridgehead atoms. The van der Waals surface area contributed by atoms with Crippen molar-refractivity contribution in [1.82, 2.24) is 0 Å². The molecule has 4 heteroatoms. The second-order valence-corrected chi connectivity index (χ2v) is 9.63. The first-order chi connectivity index (χ1) is 17.0. The molecule has 1 N–H and O–H groups in total. The number of carbonyl (C=O) groups is 2. The number of unbranched alkanes of at least 4 members (excludes halogenated alkanes) is 14. The van der Waals surface area contributed by atoms with Crippen LogP contribution < -0.4 is 0 Å². The summed E-state index contributed by atoms with van der Waals surface area (Å²) in [7, 11) is 0. The molecule has 0 saturated heterocycles. The monoisotopic (exact) mass is 490 g/mol. The maximum atomic E-state index is 12.4. The minimum absolute atomic E-state index is 0.115. The number of aryl methyl sites for hydroxylation is 1. The zero-order chi connectivity index (χ0) is 26.2. The number of carboxylic acids is 1. The Morgan fingerprint density at radius 2 is 1.11 bits per heavy atom. The van der Waals surface area contributed by atoms with Gasteiger partial charge in [0.15, 0.2) is 0 Å². The molecule has 0 heterocycles. The topological polar surface area (TPSA) is 63.6 Å². The number of aromatic carboxylic acids is 1. The summed E-state index contributed by atoms with van der Waals surface area (Å²) in [5.41, 5.74) is 1.03. The van der Waals surface area contributed by atoms with Gasteiger partial charge in [0.05, 0.1) is 17.7 Å². The molecule has 0 aliphatic rings. The van der Waals surface area contributed by atoms with Gasteiger partial charge < -0.3 is 9.84 Å². The van der Waals surface area contributed by atoms with E-state index < -0.39 is 11.9 Å². The maximum absolute atomic E-state index is 12.4. The largest absolute Gasteiger partial charge is 0.478 e. The van der Waals surface area contributed by atoms with E-state index in [0.717, 1.165) is 37.7 Å². The Morgan fingerprint density at radius 1 is 0.657 bits per heavy atom. The van der Waals surface area contributed by atoms with Crippen molar-refractivity contribution in [1.29, 1.82) is 0 Å². The highest BCUT2D eigenvalue weighted by atomic mass is 16.5. The van der Waals surface area contributed by atoms with Crippen LogP contribution in [0.15, 0.2) is 18.2 Å². The number of hydrogen-bond donors (Lipinski definition) is 1. The van der Waals surface area contributed by atoms with E-state index in [9.17, 15) is 14.7 Å². The number of hydrogen-bond acceptors (Lipinski definition) is 3. The van der Waals surface area contributed by atoms with Crippen LogP contribution in [-0.2, 0) is 11.2 Å². The van der Waals surface area contributed by atoms with E-state index in [1.165, 1.54) is 77.0 Å². The summed E-state index contributed by atoms with van der Waals surface area (Å²) < 4.78 is 5.35. The van der Waals surface area contributed by atoms with E-state index in [-0.39, 0.29) is 11.1 Å². The van der Waals surface area contributed by atoms with Gasteiger partial charge in [0.25, 0.3) is 0 Å². The number of carbonyl (C=O) groups excluding carboxylic acids is 1. The summed E-state index contributed by atoms with van der Waals surface area (Å²) in [6.45, 7) is 9.22. The first-order valence-electron chi connectivity index (χ1n) is 14.6. The van der Waals surface area contributed by atoms with Crippen LogP contribution in [0.3, 0.4) is 0 Å². The van der Waals surface area contributed by atoms with E-state index in [2.05, 4.69) is 27.7 Å². The van der Waals surface area contributed by atoms with Crippen LogP contribution in [0.2, 0.25) is 0 Å². The fourth-order valence-corrected chi connectivity index (χ4v) is 4.13. The predicted molar refractivity (Wildman–Crippen MR) is 149 cm³/mol. The lowest BCUT2D eigenvalue weighted by molar-refractivity contribution is 0.0487. The lowest BCUT2D eigenvalue weighted by Gasteiger charge is -2.12. The summed E-state index contributed by atoms with van der Waals surface area (Å²) in [6.07, 6.45) is 21.3. The molecule has 4 nitrogen and oxygen atoms in total. The highest BCUT2D eigenvalue weighted by Crippen LogP contribution is 2.20. The van der Waals surface area contributed by atoms with Gasteiger partial charge in [-0.25, -0.2) is 9.59 Å². The van der Waals surface area contributed by atoms with Crippen LogP contribution in [-0.4, -0.2) is 23.7 Å². The zero-order valence-corrected chi connectivity index (χ0v) is 23.3. The van der Waals surface area contributed by atoms with Gasteiger partial charge in [-0.3, -0.25) is 0 Å². The number of carboxylic acid groups (broad SMARTS) is 1. The van der Waals surface area contributed by atoms with Crippen molar-refractivity contribution in [2.75, 3.05) is 6.61 Å². The molecule has 1 aromatic carbocycles. The zero-order valence-electron chi connectivity index (χ0n) is 23.3. The molecule has 1 rings (SSSR count). The summed E-state index contributed by atoms with van der Waals surface area (Å²) >= 11 is 0. The normalized spacial score (nSPS) is 10.5. The SMILES string of the molecule is CCCCCCC.CCCCCCCCOC(=O)c1cccc(CCCCCCCC)c1C(=O)O. The first kappa shape index (κ1) is 33.2. The molecule has 0 atom stereocenters. The Morgan fingerprint density at radius 3 is 1.63 bits per heavy atom. The van der Waals surface area contributed by atoms with Gasteiger partial charge in [0, 0.05) is 0 Å². The maximum Gasteiger partial charge on any atom is 0.339 e. The Kier molecular flexibility index (Phi) is 22.6. The second-order valence-electron chi connectivity index (χ2n) is 9.63.